The Kier molecular flexibility index (Phi) is 7.40. The number of fused-ring (bicyclic) bond motifs is 5. The van der Waals surface area contributed by atoms with Crippen LogP contribution < -0.4 is 0 Å². The van der Waals surface area contributed by atoms with E-state index in [9.17, 15) is 0 Å². The van der Waals surface area contributed by atoms with Crippen LogP contribution in [0, 0.1) is 0 Å². The first-order valence-electron chi connectivity index (χ1n) is 17.7. The van der Waals surface area contributed by atoms with Gasteiger partial charge in [0.1, 0.15) is 11.2 Å². The molecule has 248 valence electrons. The number of rotatable bonds is 6. The molecule has 5 nitrogen and oxygen atoms in total. The second kappa shape index (κ2) is 12.8. The van der Waals surface area contributed by atoms with Gasteiger partial charge in [-0.1, -0.05) is 152 Å². The quantitative estimate of drug-likeness (QED) is 0.176. The van der Waals surface area contributed by atoms with Crippen molar-refractivity contribution < 1.29 is 0 Å². The van der Waals surface area contributed by atoms with Crippen LogP contribution in [0.2, 0.25) is 0 Å². The van der Waals surface area contributed by atoms with Gasteiger partial charge in [0.25, 0.3) is 0 Å². The molecule has 4 heterocycles. The Morgan fingerprint density at radius 1 is 0.358 bits per heavy atom. The van der Waals surface area contributed by atoms with Crippen LogP contribution in [0.4, 0.5) is 0 Å². The summed E-state index contributed by atoms with van der Waals surface area (Å²) in [5.74, 6) is 0.696. The number of nitrogens with zero attached hydrogens (tertiary/aromatic N) is 5. The highest BCUT2D eigenvalue weighted by Crippen LogP contribution is 2.35. The Morgan fingerprint density at radius 3 is 1.70 bits per heavy atom. The third-order valence-corrected chi connectivity index (χ3v) is 9.84. The van der Waals surface area contributed by atoms with Gasteiger partial charge in [-0.2, -0.15) is 0 Å². The van der Waals surface area contributed by atoms with Crippen molar-refractivity contribution in [2.75, 3.05) is 0 Å². The molecule has 0 aliphatic carbocycles. The molecule has 0 radical (unpaired) electrons. The third kappa shape index (κ3) is 5.61. The minimum Gasteiger partial charge on any atom is -0.298 e. The number of para-hydroxylation sites is 1. The monoisotopic (exact) mass is 677 g/mol. The van der Waals surface area contributed by atoms with Crippen LogP contribution >= 0.6 is 0 Å². The zero-order valence-corrected chi connectivity index (χ0v) is 28.6. The minimum atomic E-state index is 0.696. The van der Waals surface area contributed by atoms with Crippen molar-refractivity contribution in [2.24, 2.45) is 0 Å². The Hall–Kier alpha value is -7.24. The number of imidazole rings is 1. The number of hydrogen-bond donors (Lipinski definition) is 0. The van der Waals surface area contributed by atoms with E-state index in [1.807, 2.05) is 54.6 Å². The van der Waals surface area contributed by atoms with Crippen molar-refractivity contribution in [3.05, 3.63) is 188 Å². The highest BCUT2D eigenvalue weighted by Gasteiger charge is 2.17. The highest BCUT2D eigenvalue weighted by atomic mass is 15.0. The maximum atomic E-state index is 5.16. The summed E-state index contributed by atoms with van der Waals surface area (Å²) in [5, 5.41) is 1.05. The molecule has 0 fully saturated rings. The average Bonchev–Trinajstić information content (AvgIpc) is 3.64. The van der Waals surface area contributed by atoms with Gasteiger partial charge in [0, 0.05) is 33.8 Å². The van der Waals surface area contributed by atoms with Crippen molar-refractivity contribution >= 4 is 27.6 Å². The summed E-state index contributed by atoms with van der Waals surface area (Å²) in [6.07, 6.45) is 2.06. The summed E-state index contributed by atoms with van der Waals surface area (Å²) in [7, 11) is 0. The number of benzene rings is 6. The molecule has 4 aromatic heterocycles. The van der Waals surface area contributed by atoms with Gasteiger partial charge in [-0.3, -0.25) is 4.40 Å². The van der Waals surface area contributed by atoms with E-state index in [1.54, 1.807) is 0 Å². The lowest BCUT2D eigenvalue weighted by Crippen LogP contribution is -1.96. The van der Waals surface area contributed by atoms with Crippen LogP contribution in [0.15, 0.2) is 188 Å². The van der Waals surface area contributed by atoms with E-state index in [0.717, 1.165) is 78.0 Å². The molecule has 0 spiro atoms. The van der Waals surface area contributed by atoms with Crippen LogP contribution in [0.5, 0.6) is 0 Å². The van der Waals surface area contributed by atoms with Crippen molar-refractivity contribution in [1.82, 2.24) is 24.3 Å². The molecule has 0 saturated carbocycles. The van der Waals surface area contributed by atoms with E-state index in [2.05, 4.69) is 138 Å². The molecule has 53 heavy (non-hydrogen) atoms. The Bertz CT molecular complexity index is 2920. The van der Waals surface area contributed by atoms with Gasteiger partial charge in [0.2, 0.25) is 0 Å². The van der Waals surface area contributed by atoms with Gasteiger partial charge < -0.3 is 0 Å². The summed E-state index contributed by atoms with van der Waals surface area (Å²) in [4.78, 5) is 20.3. The zero-order valence-electron chi connectivity index (χ0n) is 28.6. The second-order valence-corrected chi connectivity index (χ2v) is 13.1. The zero-order chi connectivity index (χ0) is 35.1. The lowest BCUT2D eigenvalue weighted by molar-refractivity contribution is 1.18. The van der Waals surface area contributed by atoms with Crippen LogP contribution in [-0.2, 0) is 0 Å². The standard InChI is InChI=1S/C48H31N5/c1-3-12-32(13-4-1)33-21-25-35(26-22-33)42-31-43(51-48(50-42)37-14-5-2-6-15-37)39-17-11-16-38(30-39)34-23-27-36(28-24-34)45-47-46(40-18-7-8-19-41(40)49-45)52-44-20-9-10-29-53(44)47/h1-31H. The van der Waals surface area contributed by atoms with Crippen molar-refractivity contribution in [3.63, 3.8) is 0 Å². The van der Waals surface area contributed by atoms with E-state index in [1.165, 1.54) is 11.1 Å². The van der Waals surface area contributed by atoms with Crippen LogP contribution in [0.25, 0.3) is 95.0 Å². The fraction of sp³-hybridized carbons (Fsp3) is 0. The molecule has 5 heteroatoms. The molecule has 0 aliphatic rings. The van der Waals surface area contributed by atoms with Gasteiger partial charge in [-0.05, 0) is 52.6 Å². The Morgan fingerprint density at radius 2 is 0.925 bits per heavy atom. The van der Waals surface area contributed by atoms with Gasteiger partial charge in [0.15, 0.2) is 5.82 Å². The van der Waals surface area contributed by atoms with Crippen LogP contribution in [-0.4, -0.2) is 24.3 Å². The normalized spacial score (nSPS) is 11.4. The van der Waals surface area contributed by atoms with E-state index < -0.39 is 0 Å². The summed E-state index contributed by atoms with van der Waals surface area (Å²) < 4.78 is 2.14. The molecule has 0 N–H and O–H groups in total. The van der Waals surface area contributed by atoms with Gasteiger partial charge >= 0.3 is 0 Å². The Balaban J connectivity index is 1.03. The number of hydrogen-bond acceptors (Lipinski definition) is 4. The predicted octanol–water partition coefficient (Wildman–Crippen LogP) is 11.8. The van der Waals surface area contributed by atoms with Crippen molar-refractivity contribution in [1.29, 1.82) is 0 Å². The summed E-state index contributed by atoms with van der Waals surface area (Å²) >= 11 is 0. The first-order chi connectivity index (χ1) is 26.2. The van der Waals surface area contributed by atoms with E-state index in [0.29, 0.717) is 5.82 Å². The summed E-state index contributed by atoms with van der Waals surface area (Å²) in [5.41, 5.74) is 15.1. The summed E-state index contributed by atoms with van der Waals surface area (Å²) in [6.45, 7) is 0. The predicted molar refractivity (Wildman–Crippen MR) is 216 cm³/mol. The SMILES string of the molecule is c1ccc(-c2ccc(-c3cc(-c4cccc(-c5ccc(-c6nc7ccccc7c7nc8ccccn8c67)cc5)c4)nc(-c4ccccc4)n3)cc2)cc1. The average molecular weight is 678 g/mol. The third-order valence-electron chi connectivity index (χ3n) is 9.84. The van der Waals surface area contributed by atoms with Crippen LogP contribution in [0.1, 0.15) is 0 Å². The summed E-state index contributed by atoms with van der Waals surface area (Å²) in [6, 6.07) is 62.9. The largest absolute Gasteiger partial charge is 0.298 e. The molecule has 0 bridgehead atoms. The van der Waals surface area contributed by atoms with Gasteiger partial charge in [-0.25, -0.2) is 19.9 Å². The molecule has 10 aromatic rings. The molecule has 0 atom stereocenters. The molecule has 0 amide bonds. The Labute approximate surface area is 306 Å². The van der Waals surface area contributed by atoms with E-state index in [4.69, 9.17) is 19.9 Å². The van der Waals surface area contributed by atoms with E-state index in [-0.39, 0.29) is 0 Å². The smallest absolute Gasteiger partial charge is 0.160 e. The van der Waals surface area contributed by atoms with Crippen molar-refractivity contribution in [2.45, 2.75) is 0 Å². The highest BCUT2D eigenvalue weighted by molar-refractivity contribution is 6.09. The molecular formula is C48H31N5. The first kappa shape index (κ1) is 30.6. The lowest BCUT2D eigenvalue weighted by atomic mass is 9.98. The van der Waals surface area contributed by atoms with Crippen LogP contribution in [0.3, 0.4) is 0 Å². The molecule has 0 saturated heterocycles. The van der Waals surface area contributed by atoms with E-state index >= 15 is 0 Å². The fourth-order valence-electron chi connectivity index (χ4n) is 7.16. The number of aromatic nitrogens is 5. The lowest BCUT2D eigenvalue weighted by Gasteiger charge is -2.12. The molecule has 0 unspecified atom stereocenters. The van der Waals surface area contributed by atoms with Gasteiger partial charge in [-0.15, -0.1) is 0 Å². The fourth-order valence-corrected chi connectivity index (χ4v) is 7.16. The maximum absolute atomic E-state index is 5.16. The molecule has 6 aromatic carbocycles. The minimum absolute atomic E-state index is 0.696. The first-order valence-corrected chi connectivity index (χ1v) is 17.7. The second-order valence-electron chi connectivity index (χ2n) is 13.1. The maximum Gasteiger partial charge on any atom is 0.160 e. The molecule has 0 aliphatic heterocycles. The van der Waals surface area contributed by atoms with Crippen molar-refractivity contribution in [3.8, 4) is 67.4 Å². The molecular weight excluding hydrogens is 647 g/mol. The van der Waals surface area contributed by atoms with Gasteiger partial charge in [0.05, 0.1) is 28.1 Å². The topological polar surface area (TPSA) is 56.0 Å². The number of pyridine rings is 2. The molecule has 10 rings (SSSR count).